The minimum absolute atomic E-state index is 0.0600. The molecule has 2 aromatic rings. The van der Waals surface area contributed by atoms with Crippen molar-refractivity contribution in [3.05, 3.63) is 54.1 Å². The Morgan fingerprint density at radius 1 is 1.08 bits per heavy atom. The van der Waals surface area contributed by atoms with Crippen LogP contribution in [0, 0.1) is 0 Å². The van der Waals surface area contributed by atoms with Crippen LogP contribution in [0.25, 0.3) is 0 Å². The van der Waals surface area contributed by atoms with Gasteiger partial charge in [0.25, 0.3) is 5.91 Å². The van der Waals surface area contributed by atoms with Gasteiger partial charge in [-0.1, -0.05) is 18.2 Å². The standard InChI is InChI=1S/C20H23NO4/c1-5-21(17-9-7-6-8-10-17)20(23)15(3)25-18-12-11-16(14(2)22)13-19(18)24-4/h6-13,15H,5H2,1-4H3/t15-/m0/s1. The molecule has 5 nitrogen and oxygen atoms in total. The number of carbonyl (C=O) groups excluding carboxylic acids is 2. The third-order valence-electron chi connectivity index (χ3n) is 3.87. The second-order valence-electron chi connectivity index (χ2n) is 5.60. The van der Waals surface area contributed by atoms with E-state index in [4.69, 9.17) is 9.47 Å². The summed E-state index contributed by atoms with van der Waals surface area (Å²) in [5.74, 6) is 0.647. The van der Waals surface area contributed by atoms with Crippen molar-refractivity contribution in [2.24, 2.45) is 0 Å². The first-order valence-corrected chi connectivity index (χ1v) is 8.20. The van der Waals surface area contributed by atoms with Crippen molar-refractivity contribution >= 4 is 17.4 Å². The Morgan fingerprint density at radius 3 is 2.32 bits per heavy atom. The van der Waals surface area contributed by atoms with E-state index in [-0.39, 0.29) is 11.7 Å². The van der Waals surface area contributed by atoms with E-state index >= 15 is 0 Å². The predicted molar refractivity (Wildman–Crippen MR) is 97.6 cm³/mol. The average Bonchev–Trinajstić information content (AvgIpc) is 2.63. The minimum atomic E-state index is -0.697. The molecule has 0 heterocycles. The Hall–Kier alpha value is -2.82. The van der Waals surface area contributed by atoms with Gasteiger partial charge in [-0.25, -0.2) is 0 Å². The Kier molecular flexibility index (Phi) is 6.17. The number of likely N-dealkylation sites (N-methyl/N-ethyl adjacent to an activating group) is 1. The van der Waals surface area contributed by atoms with Crippen molar-refractivity contribution in [3.8, 4) is 11.5 Å². The van der Waals surface area contributed by atoms with Crippen molar-refractivity contribution in [3.63, 3.8) is 0 Å². The molecule has 5 heteroatoms. The van der Waals surface area contributed by atoms with Crippen molar-refractivity contribution < 1.29 is 19.1 Å². The Bertz CT molecular complexity index is 743. The fourth-order valence-corrected chi connectivity index (χ4v) is 2.52. The number of hydrogen-bond donors (Lipinski definition) is 0. The number of ketones is 1. The number of amides is 1. The summed E-state index contributed by atoms with van der Waals surface area (Å²) >= 11 is 0. The Labute approximate surface area is 148 Å². The molecular formula is C20H23NO4. The lowest BCUT2D eigenvalue weighted by atomic mass is 10.1. The number of para-hydroxylation sites is 1. The van der Waals surface area contributed by atoms with E-state index in [1.54, 1.807) is 30.0 Å². The van der Waals surface area contributed by atoms with Crippen LogP contribution in [0.2, 0.25) is 0 Å². The van der Waals surface area contributed by atoms with Crippen molar-refractivity contribution in [1.29, 1.82) is 0 Å². The summed E-state index contributed by atoms with van der Waals surface area (Å²) in [6.07, 6.45) is -0.697. The second-order valence-corrected chi connectivity index (χ2v) is 5.60. The lowest BCUT2D eigenvalue weighted by molar-refractivity contribution is -0.124. The van der Waals surface area contributed by atoms with Crippen LogP contribution < -0.4 is 14.4 Å². The molecule has 25 heavy (non-hydrogen) atoms. The van der Waals surface area contributed by atoms with Gasteiger partial charge in [0.2, 0.25) is 0 Å². The van der Waals surface area contributed by atoms with Crippen LogP contribution in [0.15, 0.2) is 48.5 Å². The maximum atomic E-state index is 12.8. The van der Waals surface area contributed by atoms with Gasteiger partial charge in [-0.3, -0.25) is 9.59 Å². The van der Waals surface area contributed by atoms with Crippen molar-refractivity contribution in [2.45, 2.75) is 26.9 Å². The van der Waals surface area contributed by atoms with Crippen LogP contribution in [0.3, 0.4) is 0 Å². The van der Waals surface area contributed by atoms with Gasteiger partial charge in [0, 0.05) is 17.8 Å². The predicted octanol–water partition coefficient (Wildman–Crippen LogP) is 3.72. The minimum Gasteiger partial charge on any atom is -0.493 e. The van der Waals surface area contributed by atoms with E-state index in [0.717, 1.165) is 5.69 Å². The van der Waals surface area contributed by atoms with Crippen LogP contribution in [0.5, 0.6) is 11.5 Å². The average molecular weight is 341 g/mol. The van der Waals surface area contributed by atoms with Gasteiger partial charge in [-0.15, -0.1) is 0 Å². The molecule has 2 rings (SSSR count). The zero-order valence-corrected chi connectivity index (χ0v) is 15.0. The normalized spacial score (nSPS) is 11.5. The molecule has 0 N–H and O–H groups in total. The van der Waals surface area contributed by atoms with Gasteiger partial charge in [-0.05, 0) is 51.1 Å². The van der Waals surface area contributed by atoms with Gasteiger partial charge in [-0.2, -0.15) is 0 Å². The quantitative estimate of drug-likeness (QED) is 0.720. The first kappa shape index (κ1) is 18.5. The number of anilines is 1. The van der Waals surface area contributed by atoms with E-state index in [9.17, 15) is 9.59 Å². The number of Topliss-reactive ketones (excluding diaryl/α,β-unsaturated/α-hetero) is 1. The molecule has 1 atom stereocenters. The molecule has 0 saturated heterocycles. The van der Waals surface area contributed by atoms with Gasteiger partial charge >= 0.3 is 0 Å². The molecule has 0 aliphatic carbocycles. The van der Waals surface area contributed by atoms with Crippen molar-refractivity contribution in [2.75, 3.05) is 18.6 Å². The number of ether oxygens (including phenoxy) is 2. The summed E-state index contributed by atoms with van der Waals surface area (Å²) in [6.45, 7) is 5.64. The van der Waals surface area contributed by atoms with Gasteiger partial charge in [0.1, 0.15) is 0 Å². The highest BCUT2D eigenvalue weighted by atomic mass is 16.5. The number of hydrogen-bond acceptors (Lipinski definition) is 4. The lowest BCUT2D eigenvalue weighted by Crippen LogP contribution is -2.40. The van der Waals surface area contributed by atoms with Crippen LogP contribution >= 0.6 is 0 Å². The van der Waals surface area contributed by atoms with Crippen LogP contribution in [-0.2, 0) is 4.79 Å². The second kappa shape index (κ2) is 8.33. The van der Waals surface area contributed by atoms with Crippen LogP contribution in [0.4, 0.5) is 5.69 Å². The lowest BCUT2D eigenvalue weighted by Gasteiger charge is -2.25. The van der Waals surface area contributed by atoms with Gasteiger partial charge in [0.05, 0.1) is 7.11 Å². The SMILES string of the molecule is CCN(C(=O)[C@H](C)Oc1ccc(C(C)=O)cc1OC)c1ccccc1. The summed E-state index contributed by atoms with van der Waals surface area (Å²) in [5, 5.41) is 0. The van der Waals surface area contributed by atoms with E-state index in [2.05, 4.69) is 0 Å². The van der Waals surface area contributed by atoms with Gasteiger partial charge < -0.3 is 14.4 Å². The number of rotatable bonds is 7. The summed E-state index contributed by atoms with van der Waals surface area (Å²) in [5.41, 5.74) is 1.35. The van der Waals surface area contributed by atoms with Crippen LogP contribution in [0.1, 0.15) is 31.1 Å². The zero-order valence-electron chi connectivity index (χ0n) is 15.0. The summed E-state index contributed by atoms with van der Waals surface area (Å²) in [4.78, 5) is 25.9. The third-order valence-corrected chi connectivity index (χ3v) is 3.87. The third kappa shape index (κ3) is 4.38. The smallest absolute Gasteiger partial charge is 0.267 e. The molecule has 0 unspecified atom stereocenters. The molecule has 0 radical (unpaired) electrons. The molecule has 0 bridgehead atoms. The molecule has 0 aromatic heterocycles. The molecule has 2 aromatic carbocycles. The molecule has 132 valence electrons. The maximum Gasteiger partial charge on any atom is 0.267 e. The Morgan fingerprint density at radius 2 is 1.76 bits per heavy atom. The van der Waals surface area contributed by atoms with E-state index in [1.807, 2.05) is 37.3 Å². The molecule has 1 amide bonds. The summed E-state index contributed by atoms with van der Waals surface area (Å²) in [6, 6.07) is 14.4. The topological polar surface area (TPSA) is 55.8 Å². The molecule has 0 spiro atoms. The van der Waals surface area contributed by atoms with E-state index in [1.165, 1.54) is 14.0 Å². The summed E-state index contributed by atoms with van der Waals surface area (Å²) in [7, 11) is 1.50. The number of methoxy groups -OCH3 is 1. The summed E-state index contributed by atoms with van der Waals surface area (Å²) < 4.78 is 11.1. The van der Waals surface area contributed by atoms with Crippen molar-refractivity contribution in [1.82, 2.24) is 0 Å². The number of nitrogens with zero attached hydrogens (tertiary/aromatic N) is 1. The molecule has 0 saturated carbocycles. The highest BCUT2D eigenvalue weighted by molar-refractivity contribution is 5.97. The maximum absolute atomic E-state index is 12.8. The molecule has 0 aliphatic rings. The highest BCUT2D eigenvalue weighted by Gasteiger charge is 2.23. The fraction of sp³-hybridized carbons (Fsp3) is 0.300. The number of carbonyl (C=O) groups is 2. The van der Waals surface area contributed by atoms with Gasteiger partial charge in [0.15, 0.2) is 23.4 Å². The molecule has 0 aliphatic heterocycles. The highest BCUT2D eigenvalue weighted by Crippen LogP contribution is 2.29. The first-order valence-electron chi connectivity index (χ1n) is 8.20. The zero-order chi connectivity index (χ0) is 18.4. The Balaban J connectivity index is 2.19. The monoisotopic (exact) mass is 341 g/mol. The first-order chi connectivity index (χ1) is 12.0. The van der Waals surface area contributed by atoms with Crippen LogP contribution in [-0.4, -0.2) is 31.4 Å². The fourth-order valence-electron chi connectivity index (χ4n) is 2.52. The van der Waals surface area contributed by atoms with E-state index in [0.29, 0.717) is 23.6 Å². The number of benzene rings is 2. The molecule has 0 fully saturated rings. The largest absolute Gasteiger partial charge is 0.493 e. The molecular weight excluding hydrogens is 318 g/mol. The van der Waals surface area contributed by atoms with E-state index < -0.39 is 6.10 Å².